The Bertz CT molecular complexity index is 1510. The van der Waals surface area contributed by atoms with Crippen molar-refractivity contribution in [3.8, 4) is 22.9 Å². The van der Waals surface area contributed by atoms with Crippen LogP contribution in [0.4, 0.5) is 0 Å². The Labute approximate surface area is 269 Å². The highest BCUT2D eigenvalue weighted by Gasteiger charge is 2.46. The average molecular weight is 621 g/mol. The summed E-state index contributed by atoms with van der Waals surface area (Å²) >= 11 is 0. The van der Waals surface area contributed by atoms with Gasteiger partial charge in [0.15, 0.2) is 0 Å². The van der Waals surface area contributed by atoms with Crippen LogP contribution in [0.25, 0.3) is 10.8 Å². The Kier molecular flexibility index (Phi) is 9.16. The molecule has 0 radical (unpaired) electrons. The molecule has 0 amide bonds. The molecule has 0 fully saturated rings. The van der Waals surface area contributed by atoms with Gasteiger partial charge in [0.05, 0.1) is 0 Å². The fourth-order valence-corrected chi connectivity index (χ4v) is 19.5. The molecule has 4 heteroatoms. The molecule has 0 aromatic heterocycles. The molecule has 2 atom stereocenters. The van der Waals surface area contributed by atoms with Crippen molar-refractivity contribution < 1.29 is 9.78 Å². The lowest BCUT2D eigenvalue weighted by Gasteiger charge is -2.41. The second kappa shape index (κ2) is 12.3. The number of benzene rings is 3. The van der Waals surface area contributed by atoms with E-state index >= 15 is 0 Å². The van der Waals surface area contributed by atoms with Crippen LogP contribution in [-0.4, -0.2) is 16.1 Å². The molecule has 3 aliphatic rings. The molecule has 3 aromatic carbocycles. The number of fused-ring (bicyclic) bond motifs is 2. The topological polar surface area (TPSA) is 18.5 Å². The van der Waals surface area contributed by atoms with Gasteiger partial charge >= 0.3 is 0 Å². The third kappa shape index (κ3) is 4.94. The maximum Gasteiger partial charge on any atom is 0.146 e. The highest BCUT2D eigenvalue weighted by atomic mass is 28.3. The van der Waals surface area contributed by atoms with Gasteiger partial charge in [0.1, 0.15) is 28.4 Å². The number of rotatable bonds is 6. The zero-order valence-electron chi connectivity index (χ0n) is 29.1. The summed E-state index contributed by atoms with van der Waals surface area (Å²) < 4.78 is 0. The molecule has 2 unspecified atom stereocenters. The molecule has 1 aliphatic carbocycles. The maximum absolute atomic E-state index is 6.21. The van der Waals surface area contributed by atoms with Crippen LogP contribution in [0, 0.1) is 22.9 Å². The van der Waals surface area contributed by atoms with Crippen molar-refractivity contribution >= 4 is 26.9 Å². The Morgan fingerprint density at radius 3 is 1.07 bits per heavy atom. The van der Waals surface area contributed by atoms with Gasteiger partial charge < -0.3 is 0 Å². The molecule has 2 heterocycles. The Balaban J connectivity index is 1.91. The van der Waals surface area contributed by atoms with Gasteiger partial charge in [-0.15, -0.1) is 11.1 Å². The zero-order valence-corrected chi connectivity index (χ0v) is 31.1. The van der Waals surface area contributed by atoms with Crippen LogP contribution in [0.3, 0.4) is 0 Å². The van der Waals surface area contributed by atoms with Gasteiger partial charge in [-0.1, -0.05) is 143 Å². The molecule has 2 aliphatic heterocycles. The van der Waals surface area contributed by atoms with Gasteiger partial charge in [-0.05, 0) is 55.1 Å². The molecule has 2 nitrogen and oxygen atoms in total. The van der Waals surface area contributed by atoms with E-state index in [-0.39, 0.29) is 12.2 Å². The Morgan fingerprint density at radius 2 is 0.773 bits per heavy atom. The van der Waals surface area contributed by atoms with Crippen molar-refractivity contribution in [2.75, 3.05) is 0 Å². The van der Waals surface area contributed by atoms with Gasteiger partial charge in [0.2, 0.25) is 0 Å². The fourth-order valence-electron chi connectivity index (χ4n) is 9.11. The molecule has 2 bridgehead atoms. The van der Waals surface area contributed by atoms with E-state index in [4.69, 9.17) is 9.78 Å². The third-order valence-electron chi connectivity index (χ3n) is 11.2. The summed E-state index contributed by atoms with van der Waals surface area (Å²) in [6, 6.07) is 17.4. The summed E-state index contributed by atoms with van der Waals surface area (Å²) in [5.74, 6) is 7.81. The predicted octanol–water partition coefficient (Wildman–Crippen LogP) is 11.4. The quantitative estimate of drug-likeness (QED) is 0.155. The van der Waals surface area contributed by atoms with E-state index in [1.807, 2.05) is 0 Å². The summed E-state index contributed by atoms with van der Waals surface area (Å²) in [4.78, 5) is 12.4. The van der Waals surface area contributed by atoms with Gasteiger partial charge in [-0.25, -0.2) is 9.78 Å². The molecule has 0 saturated heterocycles. The van der Waals surface area contributed by atoms with Crippen molar-refractivity contribution in [1.29, 1.82) is 0 Å². The molecular formula is C40H52O2Si2. The highest BCUT2D eigenvalue weighted by Crippen LogP contribution is 2.54. The molecule has 0 saturated carbocycles. The summed E-state index contributed by atoms with van der Waals surface area (Å²) in [6.07, 6.45) is -0.646. The van der Waals surface area contributed by atoms with Crippen molar-refractivity contribution in [3.05, 3.63) is 81.9 Å². The Hall–Kier alpha value is -2.61. The van der Waals surface area contributed by atoms with Crippen molar-refractivity contribution in [3.63, 3.8) is 0 Å². The smallest absolute Gasteiger partial charge is 0.146 e. The summed E-state index contributed by atoms with van der Waals surface area (Å²) in [5.41, 5.74) is 18.4. The van der Waals surface area contributed by atoms with Crippen molar-refractivity contribution in [2.24, 2.45) is 0 Å². The average Bonchev–Trinajstić information content (AvgIpc) is 2.97. The van der Waals surface area contributed by atoms with E-state index in [9.17, 15) is 0 Å². The molecular weight excluding hydrogens is 569 g/mol. The first-order valence-electron chi connectivity index (χ1n) is 16.9. The van der Waals surface area contributed by atoms with E-state index < -0.39 is 16.1 Å². The minimum absolute atomic E-state index is 0.323. The normalized spacial score (nSPS) is 17.8. The lowest BCUT2D eigenvalue weighted by atomic mass is 9.75. The largest absolute Gasteiger partial charge is 0.223 e. The summed E-state index contributed by atoms with van der Waals surface area (Å²) in [7, 11) is -3.97. The van der Waals surface area contributed by atoms with Crippen LogP contribution in [-0.2, 0) is 9.78 Å². The molecule has 0 N–H and O–H groups in total. The monoisotopic (exact) mass is 620 g/mol. The molecule has 3 aromatic rings. The van der Waals surface area contributed by atoms with Crippen molar-refractivity contribution in [2.45, 2.75) is 129 Å². The fraction of sp³-hybridized carbons (Fsp3) is 0.500. The van der Waals surface area contributed by atoms with Crippen LogP contribution < -0.4 is 0 Å². The first-order chi connectivity index (χ1) is 20.8. The minimum atomic E-state index is -1.98. The predicted molar refractivity (Wildman–Crippen MR) is 192 cm³/mol. The lowest BCUT2D eigenvalue weighted by molar-refractivity contribution is -0.360. The van der Waals surface area contributed by atoms with Crippen LogP contribution in [0.2, 0.25) is 33.2 Å². The van der Waals surface area contributed by atoms with E-state index in [1.165, 1.54) is 33.0 Å². The van der Waals surface area contributed by atoms with E-state index in [0.717, 1.165) is 11.1 Å². The van der Waals surface area contributed by atoms with E-state index in [1.54, 1.807) is 0 Å². The lowest BCUT2D eigenvalue weighted by Crippen LogP contribution is -2.43. The maximum atomic E-state index is 6.21. The molecule has 44 heavy (non-hydrogen) atoms. The minimum Gasteiger partial charge on any atom is -0.223 e. The van der Waals surface area contributed by atoms with Crippen LogP contribution in [0.15, 0.2) is 48.5 Å². The Morgan fingerprint density at radius 1 is 0.477 bits per heavy atom. The van der Waals surface area contributed by atoms with Gasteiger partial charge in [0.25, 0.3) is 0 Å². The second-order valence-electron chi connectivity index (χ2n) is 15.0. The van der Waals surface area contributed by atoms with Crippen LogP contribution in [0.1, 0.15) is 129 Å². The molecule has 232 valence electrons. The standard InChI is InChI=1S/C40H52O2Si2/c1-25(2)43(26(3)4,27(5)6)23-21-33-31-17-13-14-18-32(31)34(22-24-44(28(7)8,29(9)10)30(11)12)38-37(33)39-35-19-15-16-20-36(35)40(38)42-41-39/h13-20,25-30,39-40H,1-12H3. The number of hydrogen-bond acceptors (Lipinski definition) is 2. The first-order valence-corrected chi connectivity index (χ1v) is 21.3. The summed E-state index contributed by atoms with van der Waals surface area (Å²) in [6.45, 7) is 28.6. The van der Waals surface area contributed by atoms with Crippen LogP contribution >= 0.6 is 0 Å². The van der Waals surface area contributed by atoms with Gasteiger partial charge in [-0.2, -0.15) is 0 Å². The zero-order chi connectivity index (χ0) is 32.1. The van der Waals surface area contributed by atoms with Crippen LogP contribution in [0.5, 0.6) is 0 Å². The first kappa shape index (κ1) is 32.8. The van der Waals surface area contributed by atoms with Crippen molar-refractivity contribution in [1.82, 2.24) is 0 Å². The SMILES string of the molecule is CC(C)[Si](C#Cc1c2c(c(C#C[Si](C(C)C)(C(C)C)C(C)C)c3ccccc13)C1OOC2c2ccccc21)(C(C)C)C(C)C. The molecule has 0 spiro atoms. The highest BCUT2D eigenvalue weighted by molar-refractivity contribution is 6.91. The van der Waals surface area contributed by atoms with E-state index in [0.29, 0.717) is 33.2 Å². The van der Waals surface area contributed by atoms with Gasteiger partial charge in [-0.3, -0.25) is 0 Å². The van der Waals surface area contributed by atoms with Gasteiger partial charge in [0, 0.05) is 22.3 Å². The third-order valence-corrected chi connectivity index (χ3v) is 23.7. The number of hydrogen-bond donors (Lipinski definition) is 0. The van der Waals surface area contributed by atoms with E-state index in [2.05, 4.69) is 155 Å². The molecule has 6 rings (SSSR count). The second-order valence-corrected chi connectivity index (χ2v) is 26.2. The summed E-state index contributed by atoms with van der Waals surface area (Å²) in [5, 5.41) is 2.36.